The van der Waals surface area contributed by atoms with Crippen LogP contribution in [0.15, 0.2) is 6.20 Å². The Hall–Kier alpha value is -1.39. The molecule has 1 rings (SSSR count). The minimum atomic E-state index is -0.412. The second kappa shape index (κ2) is 5.29. The third kappa shape index (κ3) is 3.70. The average molecular weight is 170 g/mol. The van der Waals surface area contributed by atoms with E-state index in [2.05, 4.69) is 10.3 Å². The third-order valence-electron chi connectivity index (χ3n) is 0.971. The lowest BCUT2D eigenvalue weighted by atomic mass is 10.5. The molecule has 0 atom stereocenters. The molecule has 0 unspecified atom stereocenters. The number of nitrogens with two attached hydrogens (primary N) is 1. The highest BCUT2D eigenvalue weighted by Crippen LogP contribution is 1.87. The zero-order chi connectivity index (χ0) is 9.56. The van der Waals surface area contributed by atoms with Crippen molar-refractivity contribution < 1.29 is 4.79 Å². The average Bonchev–Trinajstić information content (AvgIpc) is 2.39. The van der Waals surface area contributed by atoms with Gasteiger partial charge >= 0.3 is 0 Å². The maximum Gasteiger partial charge on any atom is 0.239 e. The van der Waals surface area contributed by atoms with Crippen LogP contribution in [0.25, 0.3) is 0 Å². The largest absolute Gasteiger partial charge is 0.368 e. The molecule has 1 aromatic rings. The van der Waals surface area contributed by atoms with Gasteiger partial charge in [-0.3, -0.25) is 4.79 Å². The van der Waals surface area contributed by atoms with Crippen LogP contribution in [-0.4, -0.2) is 20.9 Å². The van der Waals surface area contributed by atoms with Crippen LogP contribution in [0.1, 0.15) is 19.5 Å². The third-order valence-corrected chi connectivity index (χ3v) is 0.971. The summed E-state index contributed by atoms with van der Waals surface area (Å²) >= 11 is 0. The topological polar surface area (TPSA) is 73.8 Å². The number of amides is 1. The molecule has 2 N–H and O–H groups in total. The predicted octanol–water partition coefficient (Wildman–Crippen LogP) is 0.0980. The van der Waals surface area contributed by atoms with Crippen LogP contribution in [0.3, 0.4) is 0 Å². The van der Waals surface area contributed by atoms with E-state index in [4.69, 9.17) is 5.73 Å². The van der Waals surface area contributed by atoms with Gasteiger partial charge in [0.15, 0.2) is 0 Å². The lowest BCUT2D eigenvalue weighted by Crippen LogP contribution is -2.18. The van der Waals surface area contributed by atoms with Crippen molar-refractivity contribution in [3.05, 3.63) is 11.9 Å². The zero-order valence-corrected chi connectivity index (χ0v) is 7.61. The second-order valence-corrected chi connectivity index (χ2v) is 2.02. The molecule has 0 saturated heterocycles. The van der Waals surface area contributed by atoms with Crippen molar-refractivity contribution in [1.82, 2.24) is 15.0 Å². The summed E-state index contributed by atoms with van der Waals surface area (Å²) in [6, 6.07) is 0. The van der Waals surface area contributed by atoms with Crippen LogP contribution in [0.5, 0.6) is 0 Å². The van der Waals surface area contributed by atoms with E-state index < -0.39 is 5.91 Å². The Morgan fingerprint density at radius 1 is 1.67 bits per heavy atom. The summed E-state index contributed by atoms with van der Waals surface area (Å²) in [4.78, 5) is 10.3. The van der Waals surface area contributed by atoms with E-state index in [1.807, 2.05) is 13.8 Å². The maximum atomic E-state index is 10.3. The van der Waals surface area contributed by atoms with E-state index in [1.165, 1.54) is 4.68 Å². The highest BCUT2D eigenvalue weighted by atomic mass is 16.1. The molecule has 5 heteroatoms. The van der Waals surface area contributed by atoms with Gasteiger partial charge in [0.2, 0.25) is 5.91 Å². The van der Waals surface area contributed by atoms with Crippen molar-refractivity contribution in [1.29, 1.82) is 0 Å². The molecule has 0 bridgehead atoms. The van der Waals surface area contributed by atoms with Crippen molar-refractivity contribution in [3.63, 3.8) is 0 Å². The number of carbonyl (C=O) groups excluding carboxylic acids is 1. The van der Waals surface area contributed by atoms with Crippen LogP contribution in [-0.2, 0) is 11.3 Å². The van der Waals surface area contributed by atoms with E-state index >= 15 is 0 Å². The van der Waals surface area contributed by atoms with Crippen molar-refractivity contribution in [3.8, 4) is 0 Å². The number of primary amides is 1. The first-order valence-corrected chi connectivity index (χ1v) is 3.83. The first kappa shape index (κ1) is 10.6. The van der Waals surface area contributed by atoms with Gasteiger partial charge in [-0.1, -0.05) is 19.1 Å². The first-order chi connectivity index (χ1) is 5.68. The fourth-order valence-electron chi connectivity index (χ4n) is 0.632. The molecule has 68 valence electrons. The van der Waals surface area contributed by atoms with Crippen LogP contribution >= 0.6 is 0 Å². The molecular formula is C7H14N4O. The van der Waals surface area contributed by atoms with Crippen LogP contribution in [0.4, 0.5) is 0 Å². The van der Waals surface area contributed by atoms with Crippen LogP contribution in [0.2, 0.25) is 0 Å². The normalized spacial score (nSPS) is 8.58. The van der Waals surface area contributed by atoms with Crippen molar-refractivity contribution in [2.75, 3.05) is 0 Å². The van der Waals surface area contributed by atoms with Gasteiger partial charge in [-0.15, -0.1) is 5.10 Å². The van der Waals surface area contributed by atoms with Crippen LogP contribution < -0.4 is 5.73 Å². The summed E-state index contributed by atoms with van der Waals surface area (Å²) in [6.07, 6.45) is 1.66. The molecule has 5 nitrogen and oxygen atoms in total. The SMILES string of the molecule is CC.Cc1cn(CC(N)=O)nn1. The van der Waals surface area contributed by atoms with E-state index in [0.29, 0.717) is 0 Å². The highest BCUT2D eigenvalue weighted by molar-refractivity contribution is 5.73. The molecule has 0 aliphatic carbocycles. The van der Waals surface area contributed by atoms with Crippen LogP contribution in [0, 0.1) is 6.92 Å². The summed E-state index contributed by atoms with van der Waals surface area (Å²) in [6.45, 7) is 5.89. The lowest BCUT2D eigenvalue weighted by molar-refractivity contribution is -0.118. The Kier molecular flexibility index (Phi) is 4.67. The van der Waals surface area contributed by atoms with Gasteiger partial charge in [-0.25, -0.2) is 4.68 Å². The minimum absolute atomic E-state index is 0.0981. The smallest absolute Gasteiger partial charge is 0.239 e. The van der Waals surface area contributed by atoms with Gasteiger partial charge in [0.25, 0.3) is 0 Å². The van der Waals surface area contributed by atoms with Crippen molar-refractivity contribution >= 4 is 5.91 Å². The molecule has 0 aliphatic heterocycles. The van der Waals surface area contributed by atoms with E-state index in [9.17, 15) is 4.79 Å². The molecule has 0 fully saturated rings. The molecule has 1 aromatic heterocycles. The Morgan fingerprint density at radius 2 is 2.25 bits per heavy atom. The number of rotatable bonds is 2. The molecule has 0 radical (unpaired) electrons. The molecule has 0 aromatic carbocycles. The maximum absolute atomic E-state index is 10.3. The number of hydrogen-bond acceptors (Lipinski definition) is 3. The number of aryl methyl sites for hydroxylation is 1. The Morgan fingerprint density at radius 3 is 2.58 bits per heavy atom. The second-order valence-electron chi connectivity index (χ2n) is 2.02. The predicted molar refractivity (Wildman–Crippen MR) is 45.3 cm³/mol. The zero-order valence-electron chi connectivity index (χ0n) is 7.61. The van der Waals surface area contributed by atoms with Crippen molar-refractivity contribution in [2.45, 2.75) is 27.3 Å². The molecule has 0 saturated carbocycles. The molecule has 1 amide bonds. The number of nitrogens with zero attached hydrogens (tertiary/aromatic N) is 3. The summed E-state index contributed by atoms with van der Waals surface area (Å²) in [5.74, 6) is -0.412. The Balaban J connectivity index is 0.000000561. The molecule has 0 spiro atoms. The monoisotopic (exact) mass is 170 g/mol. The Bertz CT molecular complexity index is 243. The fourth-order valence-corrected chi connectivity index (χ4v) is 0.632. The number of carbonyl (C=O) groups is 1. The van der Waals surface area contributed by atoms with Gasteiger partial charge in [0.1, 0.15) is 6.54 Å². The fraction of sp³-hybridized carbons (Fsp3) is 0.571. The van der Waals surface area contributed by atoms with Gasteiger partial charge in [0.05, 0.1) is 5.69 Å². The minimum Gasteiger partial charge on any atom is -0.368 e. The summed E-state index contributed by atoms with van der Waals surface area (Å²) in [7, 11) is 0. The quantitative estimate of drug-likeness (QED) is 0.684. The summed E-state index contributed by atoms with van der Waals surface area (Å²) < 4.78 is 1.40. The Labute approximate surface area is 71.6 Å². The van der Waals surface area contributed by atoms with Gasteiger partial charge < -0.3 is 5.73 Å². The van der Waals surface area contributed by atoms with E-state index in [0.717, 1.165) is 5.69 Å². The van der Waals surface area contributed by atoms with Gasteiger partial charge in [-0.2, -0.15) is 0 Å². The highest BCUT2D eigenvalue weighted by Gasteiger charge is 1.97. The molecular weight excluding hydrogens is 156 g/mol. The lowest BCUT2D eigenvalue weighted by Gasteiger charge is -1.91. The molecule has 0 aliphatic rings. The molecule has 1 heterocycles. The summed E-state index contributed by atoms with van der Waals surface area (Å²) in [5.41, 5.74) is 5.69. The number of aromatic nitrogens is 3. The number of hydrogen-bond donors (Lipinski definition) is 1. The standard InChI is InChI=1S/C5H8N4O.C2H6/c1-4-2-9(8-7-4)3-5(6)10;1-2/h2H,3H2,1H3,(H2,6,10);1-2H3. The van der Waals surface area contributed by atoms with Crippen molar-refractivity contribution in [2.24, 2.45) is 5.73 Å². The van der Waals surface area contributed by atoms with Gasteiger partial charge in [-0.05, 0) is 6.92 Å². The molecule has 12 heavy (non-hydrogen) atoms. The van der Waals surface area contributed by atoms with E-state index in [1.54, 1.807) is 13.1 Å². The summed E-state index contributed by atoms with van der Waals surface area (Å²) in [5, 5.41) is 7.30. The first-order valence-electron chi connectivity index (χ1n) is 3.83. The van der Waals surface area contributed by atoms with E-state index in [-0.39, 0.29) is 6.54 Å². The van der Waals surface area contributed by atoms with Gasteiger partial charge in [0, 0.05) is 6.20 Å².